The first kappa shape index (κ1) is 14.9. The van der Waals surface area contributed by atoms with Crippen molar-refractivity contribution < 1.29 is 4.79 Å². The summed E-state index contributed by atoms with van der Waals surface area (Å²) in [6, 6.07) is 6.84. The first-order valence-electron chi connectivity index (χ1n) is 5.55. The Morgan fingerprint density at radius 3 is 2.72 bits per heavy atom. The van der Waals surface area contributed by atoms with Crippen LogP contribution in [0.15, 0.2) is 18.2 Å². The van der Waals surface area contributed by atoms with E-state index in [1.807, 2.05) is 26.8 Å². The van der Waals surface area contributed by atoms with Crippen LogP contribution in [0.25, 0.3) is 0 Å². The molecule has 3 nitrogen and oxygen atoms in total. The second-order valence-corrected chi connectivity index (χ2v) is 6.50. The lowest BCUT2D eigenvalue weighted by Crippen LogP contribution is -2.34. The van der Waals surface area contributed by atoms with Gasteiger partial charge in [-0.2, -0.15) is 5.26 Å². The minimum atomic E-state index is -0.491. The molecule has 1 aromatic carbocycles. The number of carbonyl (C=O) groups excluding carboxylic acids is 1. The van der Waals surface area contributed by atoms with Gasteiger partial charge in [0.05, 0.1) is 15.3 Å². The summed E-state index contributed by atoms with van der Waals surface area (Å²) in [4.78, 5) is 12.0. The molecule has 18 heavy (non-hydrogen) atoms. The van der Waals surface area contributed by atoms with Crippen molar-refractivity contribution in [3.8, 4) is 6.07 Å². The zero-order valence-corrected chi connectivity index (χ0v) is 12.2. The Morgan fingerprint density at radius 2 is 2.22 bits per heavy atom. The van der Waals surface area contributed by atoms with Crippen LogP contribution >= 0.6 is 23.4 Å². The summed E-state index contributed by atoms with van der Waals surface area (Å²) in [6.45, 7) is 5.77. The molecule has 1 rings (SSSR count). The van der Waals surface area contributed by atoms with E-state index in [1.165, 1.54) is 0 Å². The largest absolute Gasteiger partial charge is 0.325 e. The molecule has 1 amide bonds. The lowest BCUT2D eigenvalue weighted by atomic mass is 10.1. The average Bonchev–Trinajstić information content (AvgIpc) is 2.29. The third kappa shape index (κ3) is 3.66. The highest BCUT2D eigenvalue weighted by atomic mass is 35.5. The second-order valence-electron chi connectivity index (χ2n) is 4.20. The first-order valence-corrected chi connectivity index (χ1v) is 6.92. The Kier molecular flexibility index (Phi) is 5.06. The van der Waals surface area contributed by atoms with E-state index < -0.39 is 4.75 Å². The zero-order chi connectivity index (χ0) is 13.8. The van der Waals surface area contributed by atoms with E-state index >= 15 is 0 Å². The SMILES string of the molecule is CCSC(C)(C)C(=O)Nc1ccc(C#N)c(Cl)c1. The maximum Gasteiger partial charge on any atom is 0.240 e. The van der Waals surface area contributed by atoms with Crippen molar-refractivity contribution in [2.75, 3.05) is 11.1 Å². The molecule has 0 radical (unpaired) electrons. The maximum absolute atomic E-state index is 12.0. The molecule has 0 aliphatic rings. The van der Waals surface area contributed by atoms with Crippen molar-refractivity contribution in [3.63, 3.8) is 0 Å². The molecular formula is C13H15ClN2OS. The summed E-state index contributed by atoms with van der Waals surface area (Å²) in [6.07, 6.45) is 0. The number of nitrogens with zero attached hydrogens (tertiary/aromatic N) is 1. The van der Waals surface area contributed by atoms with Crippen LogP contribution in [0.3, 0.4) is 0 Å². The number of nitriles is 1. The number of hydrogen-bond acceptors (Lipinski definition) is 3. The average molecular weight is 283 g/mol. The Labute approximate surface area is 117 Å². The van der Waals surface area contributed by atoms with Gasteiger partial charge in [0, 0.05) is 5.69 Å². The van der Waals surface area contributed by atoms with Crippen molar-refractivity contribution in [2.24, 2.45) is 0 Å². The molecule has 0 atom stereocenters. The topological polar surface area (TPSA) is 52.9 Å². The molecule has 0 spiro atoms. The van der Waals surface area contributed by atoms with Crippen LogP contribution in [0.4, 0.5) is 5.69 Å². The van der Waals surface area contributed by atoms with Crippen molar-refractivity contribution in [2.45, 2.75) is 25.5 Å². The van der Waals surface area contributed by atoms with E-state index in [9.17, 15) is 4.79 Å². The van der Waals surface area contributed by atoms with Crippen LogP contribution in [-0.2, 0) is 4.79 Å². The number of thioether (sulfide) groups is 1. The van der Waals surface area contributed by atoms with Gasteiger partial charge in [-0.15, -0.1) is 11.8 Å². The number of anilines is 1. The van der Waals surface area contributed by atoms with E-state index in [4.69, 9.17) is 16.9 Å². The van der Waals surface area contributed by atoms with Crippen molar-refractivity contribution in [1.29, 1.82) is 5.26 Å². The smallest absolute Gasteiger partial charge is 0.240 e. The number of hydrogen-bond donors (Lipinski definition) is 1. The molecule has 0 unspecified atom stereocenters. The Bertz CT molecular complexity index is 494. The van der Waals surface area contributed by atoms with Crippen molar-refractivity contribution in [1.82, 2.24) is 0 Å². The van der Waals surface area contributed by atoms with Crippen molar-refractivity contribution in [3.05, 3.63) is 28.8 Å². The number of amides is 1. The number of halogens is 1. The fourth-order valence-electron chi connectivity index (χ4n) is 1.39. The number of nitrogens with one attached hydrogen (secondary N) is 1. The predicted molar refractivity (Wildman–Crippen MR) is 77.0 cm³/mol. The summed E-state index contributed by atoms with van der Waals surface area (Å²) in [5.74, 6) is 0.796. The van der Waals surface area contributed by atoms with Crippen LogP contribution in [0.5, 0.6) is 0 Å². The molecule has 0 aliphatic heterocycles. The van der Waals surface area contributed by atoms with Crippen LogP contribution in [0.2, 0.25) is 5.02 Å². The Morgan fingerprint density at radius 1 is 1.56 bits per heavy atom. The van der Waals surface area contributed by atoms with E-state index in [2.05, 4.69) is 5.32 Å². The monoisotopic (exact) mass is 282 g/mol. The zero-order valence-electron chi connectivity index (χ0n) is 10.6. The molecule has 0 fully saturated rings. The standard InChI is InChI=1S/C13H15ClN2OS/c1-4-18-13(2,3)12(17)16-10-6-5-9(8-15)11(14)7-10/h5-7H,4H2,1-3H3,(H,16,17). The van der Waals surface area contributed by atoms with Gasteiger partial charge in [-0.05, 0) is 37.8 Å². The molecule has 0 heterocycles. The highest BCUT2D eigenvalue weighted by Crippen LogP contribution is 2.27. The Balaban J connectivity index is 2.83. The summed E-state index contributed by atoms with van der Waals surface area (Å²) in [5.41, 5.74) is 1.01. The van der Waals surface area contributed by atoms with Gasteiger partial charge in [0.25, 0.3) is 0 Å². The van der Waals surface area contributed by atoms with Crippen LogP contribution in [0, 0.1) is 11.3 Å². The molecule has 1 N–H and O–H groups in total. The van der Waals surface area contributed by atoms with Gasteiger partial charge in [-0.1, -0.05) is 18.5 Å². The van der Waals surface area contributed by atoms with E-state index in [-0.39, 0.29) is 5.91 Å². The van der Waals surface area contributed by atoms with Gasteiger partial charge >= 0.3 is 0 Å². The van der Waals surface area contributed by atoms with Gasteiger partial charge in [0.2, 0.25) is 5.91 Å². The fraction of sp³-hybridized carbons (Fsp3) is 0.385. The van der Waals surface area contributed by atoms with Crippen LogP contribution in [-0.4, -0.2) is 16.4 Å². The molecule has 0 aliphatic carbocycles. The van der Waals surface area contributed by atoms with Crippen molar-refractivity contribution >= 4 is 35.0 Å². The Hall–Kier alpha value is -1.18. The number of rotatable bonds is 4. The highest BCUT2D eigenvalue weighted by molar-refractivity contribution is 8.01. The number of carbonyl (C=O) groups is 1. The normalized spacial score (nSPS) is 10.8. The van der Waals surface area contributed by atoms with Crippen LogP contribution < -0.4 is 5.32 Å². The second kappa shape index (κ2) is 6.12. The molecule has 96 valence electrons. The lowest BCUT2D eigenvalue weighted by molar-refractivity contribution is -0.117. The molecule has 0 bridgehead atoms. The van der Waals surface area contributed by atoms with Gasteiger partial charge in [-0.25, -0.2) is 0 Å². The predicted octanol–water partition coefficient (Wildman–Crippen LogP) is 3.68. The third-order valence-corrected chi connectivity index (χ3v) is 3.91. The molecule has 1 aromatic rings. The van der Waals surface area contributed by atoms with Gasteiger partial charge < -0.3 is 5.32 Å². The molecule has 5 heteroatoms. The quantitative estimate of drug-likeness (QED) is 0.916. The highest BCUT2D eigenvalue weighted by Gasteiger charge is 2.27. The van der Waals surface area contributed by atoms with Gasteiger partial charge in [0.1, 0.15) is 6.07 Å². The maximum atomic E-state index is 12.0. The summed E-state index contributed by atoms with van der Waals surface area (Å²) in [5, 5.41) is 11.9. The number of benzene rings is 1. The van der Waals surface area contributed by atoms with Gasteiger partial charge in [-0.3, -0.25) is 4.79 Å². The molecule has 0 saturated carbocycles. The summed E-state index contributed by atoms with van der Waals surface area (Å²) >= 11 is 7.48. The lowest BCUT2D eigenvalue weighted by Gasteiger charge is -2.22. The third-order valence-electron chi connectivity index (χ3n) is 2.40. The van der Waals surface area contributed by atoms with E-state index in [0.717, 1.165) is 5.75 Å². The summed E-state index contributed by atoms with van der Waals surface area (Å²) in [7, 11) is 0. The van der Waals surface area contributed by atoms with Gasteiger partial charge in [0.15, 0.2) is 0 Å². The van der Waals surface area contributed by atoms with E-state index in [0.29, 0.717) is 16.3 Å². The molecule has 0 aromatic heterocycles. The first-order chi connectivity index (χ1) is 8.40. The molecular weight excluding hydrogens is 268 g/mol. The minimum absolute atomic E-state index is 0.0740. The molecule has 0 saturated heterocycles. The van der Waals surface area contributed by atoms with E-state index in [1.54, 1.807) is 30.0 Å². The van der Waals surface area contributed by atoms with Crippen LogP contribution in [0.1, 0.15) is 26.3 Å². The summed E-state index contributed by atoms with van der Waals surface area (Å²) < 4.78 is -0.491. The minimum Gasteiger partial charge on any atom is -0.325 e. The fourth-order valence-corrected chi connectivity index (χ4v) is 2.52.